The molecule has 0 saturated heterocycles. The summed E-state index contributed by atoms with van der Waals surface area (Å²) in [4.78, 5) is 6.61. The standard InChI is InChI=1S/C13H8ClN5S2/c1-7-11(12-10(6-15)17-19-18-12)16-13(20-7)21-9-4-2-8(14)3-5-9/h2-5H,1H3,(H,17,18,19). The van der Waals surface area contributed by atoms with Gasteiger partial charge in [0.25, 0.3) is 0 Å². The van der Waals surface area contributed by atoms with Crippen LogP contribution in [0.25, 0.3) is 11.4 Å². The van der Waals surface area contributed by atoms with Crippen LogP contribution in [0.2, 0.25) is 5.02 Å². The normalized spacial score (nSPS) is 10.5. The highest BCUT2D eigenvalue weighted by molar-refractivity contribution is 8.01. The summed E-state index contributed by atoms with van der Waals surface area (Å²) in [5, 5.41) is 19.9. The van der Waals surface area contributed by atoms with E-state index in [2.05, 4.69) is 20.4 Å². The van der Waals surface area contributed by atoms with E-state index in [-0.39, 0.29) is 0 Å². The van der Waals surface area contributed by atoms with Crippen LogP contribution < -0.4 is 0 Å². The van der Waals surface area contributed by atoms with E-state index in [1.807, 2.05) is 37.3 Å². The third kappa shape index (κ3) is 2.93. The summed E-state index contributed by atoms with van der Waals surface area (Å²) >= 11 is 8.98. The Morgan fingerprint density at radius 2 is 2.05 bits per heavy atom. The van der Waals surface area contributed by atoms with Gasteiger partial charge >= 0.3 is 0 Å². The quantitative estimate of drug-likeness (QED) is 0.786. The second-order valence-electron chi connectivity index (χ2n) is 4.09. The fraction of sp³-hybridized carbons (Fsp3) is 0.0769. The van der Waals surface area contributed by atoms with E-state index in [4.69, 9.17) is 16.9 Å². The summed E-state index contributed by atoms with van der Waals surface area (Å²) in [7, 11) is 0. The van der Waals surface area contributed by atoms with Crippen molar-refractivity contribution in [2.45, 2.75) is 16.2 Å². The van der Waals surface area contributed by atoms with Gasteiger partial charge in [0.15, 0.2) is 10.0 Å². The molecule has 1 N–H and O–H groups in total. The maximum atomic E-state index is 9.02. The number of nitriles is 1. The Morgan fingerprint density at radius 3 is 2.76 bits per heavy atom. The molecule has 0 fully saturated rings. The largest absolute Gasteiger partial charge is 0.247 e. The van der Waals surface area contributed by atoms with Crippen LogP contribution in [-0.2, 0) is 0 Å². The number of H-pyrrole nitrogens is 1. The SMILES string of the molecule is Cc1sc(Sc2ccc(Cl)cc2)nc1-c1nn[nH]c1C#N. The number of nitrogens with zero attached hydrogens (tertiary/aromatic N) is 4. The highest BCUT2D eigenvalue weighted by Gasteiger charge is 2.17. The summed E-state index contributed by atoms with van der Waals surface area (Å²) in [6.07, 6.45) is 0. The molecule has 0 saturated carbocycles. The highest BCUT2D eigenvalue weighted by Crippen LogP contribution is 2.36. The van der Waals surface area contributed by atoms with Gasteiger partial charge in [0.1, 0.15) is 17.5 Å². The van der Waals surface area contributed by atoms with E-state index < -0.39 is 0 Å². The Hall–Kier alpha value is -1.88. The number of hydrogen-bond acceptors (Lipinski definition) is 6. The summed E-state index contributed by atoms with van der Waals surface area (Å²) in [5.74, 6) is 0. The molecule has 2 heterocycles. The first kappa shape index (κ1) is 14.1. The van der Waals surface area contributed by atoms with E-state index in [0.717, 1.165) is 14.1 Å². The first-order chi connectivity index (χ1) is 10.2. The number of halogens is 1. The van der Waals surface area contributed by atoms with Gasteiger partial charge in [0.2, 0.25) is 0 Å². The van der Waals surface area contributed by atoms with Gasteiger partial charge in [0.05, 0.1) is 0 Å². The number of hydrogen-bond donors (Lipinski definition) is 1. The van der Waals surface area contributed by atoms with Crippen LogP contribution in [0.1, 0.15) is 10.6 Å². The molecule has 3 aromatic rings. The molecule has 0 aliphatic heterocycles. The van der Waals surface area contributed by atoms with Gasteiger partial charge in [-0.25, -0.2) is 10.1 Å². The molecule has 8 heteroatoms. The number of benzene rings is 1. The maximum Gasteiger partial charge on any atom is 0.165 e. The van der Waals surface area contributed by atoms with Crippen molar-refractivity contribution >= 4 is 34.7 Å². The van der Waals surface area contributed by atoms with Crippen molar-refractivity contribution in [3.63, 3.8) is 0 Å². The lowest BCUT2D eigenvalue weighted by Crippen LogP contribution is -1.85. The second kappa shape index (κ2) is 5.85. The van der Waals surface area contributed by atoms with Gasteiger partial charge < -0.3 is 0 Å². The van der Waals surface area contributed by atoms with Gasteiger partial charge in [-0.2, -0.15) is 5.26 Å². The van der Waals surface area contributed by atoms with Crippen molar-refractivity contribution in [1.29, 1.82) is 5.26 Å². The van der Waals surface area contributed by atoms with Crippen LogP contribution >= 0.6 is 34.7 Å². The summed E-state index contributed by atoms with van der Waals surface area (Å²) in [5.41, 5.74) is 1.52. The number of aryl methyl sites for hydroxylation is 1. The molecule has 2 aromatic heterocycles. The highest BCUT2D eigenvalue weighted by atomic mass is 35.5. The first-order valence-electron chi connectivity index (χ1n) is 5.89. The average Bonchev–Trinajstić information content (AvgIpc) is 3.07. The molecule has 0 radical (unpaired) electrons. The smallest absolute Gasteiger partial charge is 0.165 e. The van der Waals surface area contributed by atoms with E-state index in [1.165, 1.54) is 0 Å². The molecular weight excluding hydrogens is 326 g/mol. The summed E-state index contributed by atoms with van der Waals surface area (Å²) in [6, 6.07) is 9.61. The Labute approximate surface area is 134 Å². The number of thiazole rings is 1. The van der Waals surface area contributed by atoms with Crippen LogP contribution in [-0.4, -0.2) is 20.4 Å². The average molecular weight is 334 g/mol. The second-order valence-corrected chi connectivity index (χ2v) is 7.05. The van der Waals surface area contributed by atoms with Crippen LogP contribution in [0.4, 0.5) is 0 Å². The lowest BCUT2D eigenvalue weighted by atomic mass is 10.2. The molecule has 0 bridgehead atoms. The zero-order valence-electron chi connectivity index (χ0n) is 10.8. The van der Waals surface area contributed by atoms with Crippen molar-refractivity contribution < 1.29 is 0 Å². The fourth-order valence-electron chi connectivity index (χ4n) is 1.71. The van der Waals surface area contributed by atoms with E-state index in [9.17, 15) is 0 Å². The van der Waals surface area contributed by atoms with Crippen molar-refractivity contribution in [2.75, 3.05) is 0 Å². The Balaban J connectivity index is 1.91. The van der Waals surface area contributed by atoms with Gasteiger partial charge in [-0.15, -0.1) is 16.4 Å². The number of nitrogens with one attached hydrogen (secondary N) is 1. The van der Waals surface area contributed by atoms with Crippen molar-refractivity contribution in [2.24, 2.45) is 0 Å². The maximum absolute atomic E-state index is 9.02. The van der Waals surface area contributed by atoms with Gasteiger partial charge in [-0.3, -0.25) is 0 Å². The van der Waals surface area contributed by atoms with Gasteiger partial charge in [-0.05, 0) is 31.2 Å². The van der Waals surface area contributed by atoms with Gasteiger partial charge in [-0.1, -0.05) is 28.6 Å². The van der Waals surface area contributed by atoms with Crippen molar-refractivity contribution in [1.82, 2.24) is 20.4 Å². The molecule has 0 aliphatic carbocycles. The van der Waals surface area contributed by atoms with Crippen molar-refractivity contribution in [3.05, 3.63) is 39.9 Å². The monoisotopic (exact) mass is 333 g/mol. The Kier molecular flexibility index (Phi) is 3.92. The fourth-order valence-corrected chi connectivity index (χ4v) is 3.92. The molecule has 0 amide bonds. The van der Waals surface area contributed by atoms with E-state index >= 15 is 0 Å². The van der Waals surface area contributed by atoms with E-state index in [1.54, 1.807) is 23.1 Å². The molecule has 0 spiro atoms. The minimum absolute atomic E-state index is 0.325. The lowest BCUT2D eigenvalue weighted by molar-refractivity contribution is 0.935. The van der Waals surface area contributed by atoms with Crippen LogP contribution in [0.5, 0.6) is 0 Å². The zero-order chi connectivity index (χ0) is 14.8. The Bertz CT molecular complexity index is 816. The van der Waals surface area contributed by atoms with Crippen LogP contribution in [0.3, 0.4) is 0 Å². The number of aromatic amines is 1. The lowest BCUT2D eigenvalue weighted by Gasteiger charge is -1.96. The predicted octanol–water partition coefficient (Wildman–Crippen LogP) is 3.91. The number of aromatic nitrogens is 4. The first-order valence-corrected chi connectivity index (χ1v) is 7.91. The third-order valence-electron chi connectivity index (χ3n) is 2.68. The van der Waals surface area contributed by atoms with Crippen LogP contribution in [0.15, 0.2) is 33.5 Å². The molecule has 21 heavy (non-hydrogen) atoms. The van der Waals surface area contributed by atoms with E-state index in [0.29, 0.717) is 22.1 Å². The minimum atomic E-state index is 0.325. The molecular formula is C13H8ClN5S2. The van der Waals surface area contributed by atoms with Crippen LogP contribution in [0, 0.1) is 18.3 Å². The Morgan fingerprint density at radius 1 is 1.29 bits per heavy atom. The van der Waals surface area contributed by atoms with Crippen molar-refractivity contribution in [3.8, 4) is 17.5 Å². The molecule has 0 unspecified atom stereocenters. The summed E-state index contributed by atoms with van der Waals surface area (Å²) in [6.45, 7) is 1.95. The summed E-state index contributed by atoms with van der Waals surface area (Å²) < 4.78 is 0.886. The molecule has 0 atom stereocenters. The molecule has 0 aliphatic rings. The zero-order valence-corrected chi connectivity index (χ0v) is 13.2. The number of rotatable bonds is 3. The van der Waals surface area contributed by atoms with Gasteiger partial charge in [0, 0.05) is 14.8 Å². The molecule has 1 aromatic carbocycles. The molecule has 104 valence electrons. The third-order valence-corrected chi connectivity index (χ3v) is 4.97. The topological polar surface area (TPSA) is 78.2 Å². The molecule has 3 rings (SSSR count). The predicted molar refractivity (Wildman–Crippen MR) is 82.5 cm³/mol. The molecule has 5 nitrogen and oxygen atoms in total. The minimum Gasteiger partial charge on any atom is -0.247 e.